The molecule has 1 aliphatic heterocycles. The summed E-state index contributed by atoms with van der Waals surface area (Å²) in [6.07, 6.45) is 2.98. The molecule has 1 fully saturated rings. The van der Waals surface area contributed by atoms with Gasteiger partial charge in [-0.3, -0.25) is 4.79 Å². The monoisotopic (exact) mass is 504 g/mol. The smallest absolute Gasteiger partial charge is 0.323 e. The van der Waals surface area contributed by atoms with Crippen LogP contribution in [0.15, 0.2) is 71.2 Å². The summed E-state index contributed by atoms with van der Waals surface area (Å²) in [5, 5.41) is 8.77. The van der Waals surface area contributed by atoms with Crippen LogP contribution in [0.25, 0.3) is 0 Å². The second-order valence-electron chi connectivity index (χ2n) is 8.51. The number of rotatable bonds is 5. The van der Waals surface area contributed by atoms with Gasteiger partial charge in [-0.2, -0.15) is 0 Å². The molecule has 0 saturated heterocycles. The lowest BCUT2D eigenvalue weighted by atomic mass is 9.98. The van der Waals surface area contributed by atoms with Crippen LogP contribution in [0.2, 0.25) is 0 Å². The number of carbonyl (C=O) groups excluding carboxylic acids is 2. The summed E-state index contributed by atoms with van der Waals surface area (Å²) in [4.78, 5) is 27.9. The molecular weight excluding hydrogens is 480 g/mol. The molecule has 0 aromatic heterocycles. The predicted octanol–water partition coefficient (Wildman–Crippen LogP) is 5.55. The van der Waals surface area contributed by atoms with Gasteiger partial charge in [-0.1, -0.05) is 40.2 Å². The Morgan fingerprint density at radius 2 is 1.58 bits per heavy atom. The first-order chi connectivity index (χ1) is 16.0. The largest absolute Gasteiger partial charge is 0.366 e. The lowest BCUT2D eigenvalue weighted by Gasteiger charge is -2.32. The second-order valence-corrected chi connectivity index (χ2v) is 9.42. The highest BCUT2D eigenvalue weighted by Gasteiger charge is 2.27. The van der Waals surface area contributed by atoms with Gasteiger partial charge >= 0.3 is 6.03 Å². The Hall–Kier alpha value is -3.32. The Bertz CT molecular complexity index is 1190. The van der Waals surface area contributed by atoms with Crippen LogP contribution in [0.5, 0.6) is 0 Å². The second kappa shape index (κ2) is 9.27. The van der Waals surface area contributed by atoms with E-state index in [-0.39, 0.29) is 18.0 Å². The minimum Gasteiger partial charge on any atom is -0.366 e. The Labute approximate surface area is 201 Å². The molecule has 0 atom stereocenters. The van der Waals surface area contributed by atoms with E-state index in [2.05, 4.69) is 61.0 Å². The highest BCUT2D eigenvalue weighted by Crippen LogP contribution is 2.30. The van der Waals surface area contributed by atoms with Gasteiger partial charge in [-0.15, -0.1) is 0 Å². The minimum atomic E-state index is -0.356. The quantitative estimate of drug-likeness (QED) is 0.426. The number of carbonyl (C=O) groups is 2. The van der Waals surface area contributed by atoms with Gasteiger partial charge in [0.25, 0.3) is 5.91 Å². The van der Waals surface area contributed by atoms with Gasteiger partial charge < -0.3 is 20.9 Å². The van der Waals surface area contributed by atoms with Crippen molar-refractivity contribution >= 4 is 44.9 Å². The van der Waals surface area contributed by atoms with Crippen LogP contribution in [0.3, 0.4) is 0 Å². The SMILES string of the molecule is O=C(Nc1ccc(Br)cc1)Nc1ccc(N2CCc3ccccc3C2)c(C(=O)NC2CC2)c1. The molecule has 3 aromatic carbocycles. The van der Waals surface area contributed by atoms with Crippen LogP contribution >= 0.6 is 15.9 Å². The number of fused-ring (bicyclic) bond motifs is 1. The average molecular weight is 505 g/mol. The van der Waals surface area contributed by atoms with E-state index in [1.807, 2.05) is 36.4 Å². The summed E-state index contributed by atoms with van der Waals surface area (Å²) in [6, 6.07) is 21.3. The molecule has 1 aliphatic carbocycles. The molecule has 1 saturated carbocycles. The Morgan fingerprint density at radius 1 is 0.879 bits per heavy atom. The predicted molar refractivity (Wildman–Crippen MR) is 135 cm³/mol. The van der Waals surface area contributed by atoms with Gasteiger partial charge in [-0.05, 0) is 72.9 Å². The van der Waals surface area contributed by atoms with E-state index in [9.17, 15) is 9.59 Å². The molecule has 2 aliphatic rings. The summed E-state index contributed by atoms with van der Waals surface area (Å²) in [5.74, 6) is -0.0941. The Balaban J connectivity index is 1.37. The van der Waals surface area contributed by atoms with Crippen LogP contribution in [0.1, 0.15) is 34.3 Å². The van der Waals surface area contributed by atoms with Crippen molar-refractivity contribution in [3.63, 3.8) is 0 Å². The maximum absolute atomic E-state index is 13.1. The first kappa shape index (κ1) is 21.5. The molecule has 168 valence electrons. The molecule has 0 spiro atoms. The first-order valence-corrected chi connectivity index (χ1v) is 11.9. The summed E-state index contributed by atoms with van der Waals surface area (Å²) in [5.41, 5.74) is 5.39. The van der Waals surface area contributed by atoms with E-state index >= 15 is 0 Å². The number of nitrogens with zero attached hydrogens (tertiary/aromatic N) is 1. The number of anilines is 3. The van der Waals surface area contributed by atoms with E-state index in [0.29, 0.717) is 16.9 Å². The zero-order valence-corrected chi connectivity index (χ0v) is 19.7. The number of urea groups is 1. The van der Waals surface area contributed by atoms with Gasteiger partial charge in [0, 0.05) is 40.7 Å². The summed E-state index contributed by atoms with van der Waals surface area (Å²) >= 11 is 3.39. The number of halogens is 1. The zero-order chi connectivity index (χ0) is 22.8. The fourth-order valence-electron chi connectivity index (χ4n) is 4.09. The third kappa shape index (κ3) is 5.20. The Kier molecular flexibility index (Phi) is 6.05. The summed E-state index contributed by atoms with van der Waals surface area (Å²) in [6.45, 7) is 1.61. The van der Waals surface area contributed by atoms with E-state index in [0.717, 1.165) is 42.5 Å². The number of benzene rings is 3. The molecule has 0 radical (unpaired) electrons. The van der Waals surface area contributed by atoms with Crippen LogP contribution < -0.4 is 20.9 Å². The average Bonchev–Trinajstić information content (AvgIpc) is 3.64. The highest BCUT2D eigenvalue weighted by atomic mass is 79.9. The van der Waals surface area contributed by atoms with Crippen molar-refractivity contribution in [2.45, 2.75) is 31.8 Å². The zero-order valence-electron chi connectivity index (χ0n) is 18.1. The van der Waals surface area contributed by atoms with E-state index < -0.39 is 0 Å². The number of hydrogen-bond acceptors (Lipinski definition) is 3. The van der Waals surface area contributed by atoms with Gasteiger partial charge in [0.2, 0.25) is 0 Å². The molecule has 3 amide bonds. The standard InChI is InChI=1S/C26H25BrN4O2/c27-19-5-7-21(8-6-19)29-26(33)30-22-11-12-24(23(15-22)25(32)28-20-9-10-20)31-14-13-17-3-1-2-4-18(17)16-31/h1-8,11-12,15,20H,9-10,13-14,16H2,(H,28,32)(H2,29,30,33). The van der Waals surface area contributed by atoms with Gasteiger partial charge in [0.15, 0.2) is 0 Å². The number of hydrogen-bond donors (Lipinski definition) is 3. The number of nitrogens with one attached hydrogen (secondary N) is 3. The molecular formula is C26H25BrN4O2. The topological polar surface area (TPSA) is 73.5 Å². The van der Waals surface area contributed by atoms with Crippen molar-refractivity contribution < 1.29 is 9.59 Å². The van der Waals surface area contributed by atoms with Gasteiger partial charge in [-0.25, -0.2) is 4.79 Å². The van der Waals surface area contributed by atoms with Crippen molar-refractivity contribution in [3.8, 4) is 0 Å². The van der Waals surface area contributed by atoms with Crippen molar-refractivity contribution in [2.75, 3.05) is 22.1 Å². The molecule has 6 nitrogen and oxygen atoms in total. The van der Waals surface area contributed by atoms with Crippen molar-refractivity contribution in [3.05, 3.63) is 87.9 Å². The normalized spacial score (nSPS) is 14.9. The minimum absolute atomic E-state index is 0.0941. The Morgan fingerprint density at radius 3 is 2.33 bits per heavy atom. The lowest BCUT2D eigenvalue weighted by molar-refractivity contribution is 0.0951. The van der Waals surface area contributed by atoms with Crippen LogP contribution in [0, 0.1) is 0 Å². The fraction of sp³-hybridized carbons (Fsp3) is 0.231. The maximum Gasteiger partial charge on any atom is 0.323 e. The fourth-order valence-corrected chi connectivity index (χ4v) is 4.35. The number of amides is 3. The van der Waals surface area contributed by atoms with Crippen LogP contribution in [-0.4, -0.2) is 24.5 Å². The molecule has 5 rings (SSSR count). The third-order valence-electron chi connectivity index (χ3n) is 5.99. The lowest BCUT2D eigenvalue weighted by Crippen LogP contribution is -2.33. The van der Waals surface area contributed by atoms with Gasteiger partial charge in [0.1, 0.15) is 0 Å². The molecule has 0 bridgehead atoms. The molecule has 33 heavy (non-hydrogen) atoms. The van der Waals surface area contributed by atoms with Crippen molar-refractivity contribution in [2.24, 2.45) is 0 Å². The van der Waals surface area contributed by atoms with E-state index in [1.54, 1.807) is 6.07 Å². The van der Waals surface area contributed by atoms with Crippen molar-refractivity contribution in [1.29, 1.82) is 0 Å². The van der Waals surface area contributed by atoms with E-state index in [1.165, 1.54) is 11.1 Å². The maximum atomic E-state index is 13.1. The molecule has 3 aromatic rings. The van der Waals surface area contributed by atoms with E-state index in [4.69, 9.17) is 0 Å². The summed E-state index contributed by atoms with van der Waals surface area (Å²) in [7, 11) is 0. The molecule has 0 unspecified atom stereocenters. The van der Waals surface area contributed by atoms with Crippen molar-refractivity contribution in [1.82, 2.24) is 5.32 Å². The molecule has 1 heterocycles. The van der Waals surface area contributed by atoms with Crippen LogP contribution in [0.4, 0.5) is 21.9 Å². The van der Waals surface area contributed by atoms with Crippen LogP contribution in [-0.2, 0) is 13.0 Å². The third-order valence-corrected chi connectivity index (χ3v) is 6.51. The first-order valence-electron chi connectivity index (χ1n) is 11.2. The molecule has 7 heteroatoms. The van der Waals surface area contributed by atoms with Gasteiger partial charge in [0.05, 0.1) is 5.56 Å². The molecule has 3 N–H and O–H groups in total. The highest BCUT2D eigenvalue weighted by molar-refractivity contribution is 9.10. The summed E-state index contributed by atoms with van der Waals surface area (Å²) < 4.78 is 0.940.